The van der Waals surface area contributed by atoms with E-state index in [9.17, 15) is 0 Å². The number of likely N-dealkylation sites (N-methyl/N-ethyl adjacent to an activating group) is 1. The topological polar surface area (TPSA) is 29.9 Å². The van der Waals surface area contributed by atoms with Gasteiger partial charge in [0.25, 0.3) is 0 Å². The molecule has 1 atom stereocenters. The van der Waals surface area contributed by atoms with E-state index in [0.717, 1.165) is 21.9 Å². The Hall–Kier alpha value is -0.650. The molecule has 5 heteroatoms. The Bertz CT molecular complexity index is 551. The first-order valence-corrected chi connectivity index (χ1v) is 7.86. The van der Waals surface area contributed by atoms with Crippen LogP contribution in [0.5, 0.6) is 0 Å². The van der Waals surface area contributed by atoms with Crippen molar-refractivity contribution in [3.05, 3.63) is 50.7 Å². The van der Waals surface area contributed by atoms with Crippen molar-refractivity contribution in [2.45, 2.75) is 25.9 Å². The Morgan fingerprint density at radius 3 is 2.74 bits per heavy atom. The predicted octanol–water partition coefficient (Wildman–Crippen LogP) is 3.93. The molecule has 2 rings (SSSR count). The van der Waals surface area contributed by atoms with Gasteiger partial charge in [-0.2, -0.15) is 5.10 Å². The quantitative estimate of drug-likeness (QED) is 0.843. The van der Waals surface area contributed by atoms with E-state index in [2.05, 4.69) is 73.6 Å². The summed E-state index contributed by atoms with van der Waals surface area (Å²) < 4.78 is 4.15. The van der Waals surface area contributed by atoms with Crippen molar-refractivity contribution in [3.63, 3.8) is 0 Å². The van der Waals surface area contributed by atoms with Crippen LogP contribution < -0.4 is 5.32 Å². The number of aryl methyl sites for hydroxylation is 1. The van der Waals surface area contributed by atoms with Crippen LogP contribution in [0, 0.1) is 0 Å². The van der Waals surface area contributed by atoms with Gasteiger partial charge in [0.2, 0.25) is 0 Å². The lowest BCUT2D eigenvalue weighted by Crippen LogP contribution is -2.19. The van der Waals surface area contributed by atoms with Crippen LogP contribution in [0.25, 0.3) is 0 Å². The molecule has 2 aromatic rings. The maximum atomic E-state index is 4.32. The zero-order chi connectivity index (χ0) is 13.8. The van der Waals surface area contributed by atoms with Crippen molar-refractivity contribution in [1.29, 1.82) is 0 Å². The monoisotopic (exact) mass is 385 g/mol. The zero-order valence-corrected chi connectivity index (χ0v) is 14.2. The number of aromatic nitrogens is 2. The van der Waals surface area contributed by atoms with Crippen LogP contribution in [0.4, 0.5) is 0 Å². The van der Waals surface area contributed by atoms with Crippen molar-refractivity contribution in [2.75, 3.05) is 7.05 Å². The highest BCUT2D eigenvalue weighted by Gasteiger charge is 2.14. The number of nitrogens with one attached hydrogen (secondary N) is 1. The molecule has 1 aromatic heterocycles. The lowest BCUT2D eigenvalue weighted by Gasteiger charge is -2.17. The van der Waals surface area contributed by atoms with E-state index in [1.807, 2.05) is 17.9 Å². The first-order valence-electron chi connectivity index (χ1n) is 6.27. The minimum absolute atomic E-state index is 0.275. The normalized spacial score (nSPS) is 12.6. The molecule has 0 saturated heterocycles. The van der Waals surface area contributed by atoms with Gasteiger partial charge in [-0.05, 0) is 43.7 Å². The van der Waals surface area contributed by atoms with Crippen molar-refractivity contribution in [2.24, 2.45) is 0 Å². The van der Waals surface area contributed by atoms with Gasteiger partial charge in [0, 0.05) is 27.7 Å². The summed E-state index contributed by atoms with van der Waals surface area (Å²) in [6.45, 7) is 3.00. The summed E-state index contributed by atoms with van der Waals surface area (Å²) in [6, 6.07) is 6.56. The molecule has 0 aliphatic rings. The first kappa shape index (κ1) is 14.8. The average molecular weight is 387 g/mol. The molecule has 1 aromatic carbocycles. The highest BCUT2D eigenvalue weighted by atomic mass is 79.9. The van der Waals surface area contributed by atoms with Gasteiger partial charge in [-0.1, -0.05) is 37.9 Å². The van der Waals surface area contributed by atoms with Crippen LogP contribution in [0.3, 0.4) is 0 Å². The van der Waals surface area contributed by atoms with Gasteiger partial charge < -0.3 is 5.32 Å². The lowest BCUT2D eigenvalue weighted by molar-refractivity contribution is 0.588. The van der Waals surface area contributed by atoms with Crippen LogP contribution in [0.15, 0.2) is 39.5 Å². The van der Waals surface area contributed by atoms with Crippen molar-refractivity contribution in [3.8, 4) is 0 Å². The van der Waals surface area contributed by atoms with Crippen LogP contribution in [0.1, 0.15) is 24.1 Å². The van der Waals surface area contributed by atoms with Crippen molar-refractivity contribution < 1.29 is 0 Å². The molecule has 102 valence electrons. The largest absolute Gasteiger partial charge is 0.313 e. The standard InChI is InChI=1S/C14H17Br2N3/c1-3-19-9-10(8-18-19)6-14(17-2)12-5-4-11(15)7-13(12)16/h4-5,7-9,14,17H,3,6H2,1-2H3. The molecule has 0 spiro atoms. The minimum atomic E-state index is 0.275. The summed E-state index contributed by atoms with van der Waals surface area (Å²) in [5, 5.41) is 7.69. The van der Waals surface area contributed by atoms with E-state index >= 15 is 0 Å². The summed E-state index contributed by atoms with van der Waals surface area (Å²) in [4.78, 5) is 0. The fraction of sp³-hybridized carbons (Fsp3) is 0.357. The Morgan fingerprint density at radius 1 is 1.37 bits per heavy atom. The van der Waals surface area contributed by atoms with Crippen molar-refractivity contribution in [1.82, 2.24) is 15.1 Å². The Morgan fingerprint density at radius 2 is 2.16 bits per heavy atom. The van der Waals surface area contributed by atoms with Crippen LogP contribution in [0.2, 0.25) is 0 Å². The zero-order valence-electron chi connectivity index (χ0n) is 11.0. The summed E-state index contributed by atoms with van der Waals surface area (Å²) in [6.07, 6.45) is 4.98. The Labute approximate surface area is 130 Å². The predicted molar refractivity (Wildman–Crippen MR) is 85.2 cm³/mol. The lowest BCUT2D eigenvalue weighted by atomic mass is 10.0. The molecule has 0 radical (unpaired) electrons. The smallest absolute Gasteiger partial charge is 0.0522 e. The van der Waals surface area contributed by atoms with Gasteiger partial charge in [0.1, 0.15) is 0 Å². The molecule has 1 unspecified atom stereocenters. The van der Waals surface area contributed by atoms with Crippen LogP contribution >= 0.6 is 31.9 Å². The van der Waals surface area contributed by atoms with Crippen molar-refractivity contribution >= 4 is 31.9 Å². The number of nitrogens with zero attached hydrogens (tertiary/aromatic N) is 2. The number of hydrogen-bond donors (Lipinski definition) is 1. The molecule has 3 nitrogen and oxygen atoms in total. The second-order valence-electron chi connectivity index (χ2n) is 4.42. The van der Waals surface area contributed by atoms with Gasteiger partial charge in [-0.25, -0.2) is 0 Å². The molecular formula is C14H17Br2N3. The van der Waals surface area contributed by atoms with Gasteiger partial charge in [-0.15, -0.1) is 0 Å². The van der Waals surface area contributed by atoms with E-state index in [1.165, 1.54) is 11.1 Å². The van der Waals surface area contributed by atoms with Gasteiger partial charge in [-0.3, -0.25) is 4.68 Å². The molecule has 0 aliphatic heterocycles. The molecule has 0 aliphatic carbocycles. The van der Waals surface area contributed by atoms with Gasteiger partial charge >= 0.3 is 0 Å². The highest BCUT2D eigenvalue weighted by molar-refractivity contribution is 9.11. The minimum Gasteiger partial charge on any atom is -0.313 e. The second-order valence-corrected chi connectivity index (χ2v) is 6.19. The second kappa shape index (κ2) is 6.68. The fourth-order valence-corrected chi connectivity index (χ4v) is 3.40. The molecular weight excluding hydrogens is 370 g/mol. The van der Waals surface area contributed by atoms with E-state index < -0.39 is 0 Å². The molecule has 0 bridgehead atoms. The summed E-state index contributed by atoms with van der Waals surface area (Å²) >= 11 is 7.11. The fourth-order valence-electron chi connectivity index (χ4n) is 2.07. The molecule has 1 N–H and O–H groups in total. The molecule has 19 heavy (non-hydrogen) atoms. The van der Waals surface area contributed by atoms with Gasteiger partial charge in [0.15, 0.2) is 0 Å². The number of rotatable bonds is 5. The maximum absolute atomic E-state index is 4.32. The maximum Gasteiger partial charge on any atom is 0.0522 e. The number of hydrogen-bond acceptors (Lipinski definition) is 2. The van der Waals surface area contributed by atoms with Gasteiger partial charge in [0.05, 0.1) is 6.20 Å². The Kier molecular flexibility index (Phi) is 5.19. The van der Waals surface area contributed by atoms with E-state index in [4.69, 9.17) is 0 Å². The van der Waals surface area contributed by atoms with Crippen LogP contribution in [-0.2, 0) is 13.0 Å². The third kappa shape index (κ3) is 3.68. The Balaban J connectivity index is 2.19. The summed E-state index contributed by atoms with van der Waals surface area (Å²) in [5.41, 5.74) is 2.51. The highest BCUT2D eigenvalue weighted by Crippen LogP contribution is 2.28. The molecule has 1 heterocycles. The summed E-state index contributed by atoms with van der Waals surface area (Å²) in [7, 11) is 1.99. The molecule has 0 amide bonds. The number of benzene rings is 1. The third-order valence-electron chi connectivity index (χ3n) is 3.14. The first-order chi connectivity index (χ1) is 9.13. The van der Waals surface area contributed by atoms with E-state index in [1.54, 1.807) is 0 Å². The number of halogens is 2. The molecule has 0 fully saturated rings. The SMILES string of the molecule is CCn1cc(CC(NC)c2ccc(Br)cc2Br)cn1. The van der Waals surface area contributed by atoms with Crippen LogP contribution in [-0.4, -0.2) is 16.8 Å². The molecule has 0 saturated carbocycles. The third-order valence-corrected chi connectivity index (χ3v) is 4.32. The van der Waals surface area contributed by atoms with E-state index in [0.29, 0.717) is 0 Å². The summed E-state index contributed by atoms with van der Waals surface area (Å²) in [5.74, 6) is 0. The van der Waals surface area contributed by atoms with E-state index in [-0.39, 0.29) is 6.04 Å². The average Bonchev–Trinajstić information content (AvgIpc) is 2.84.